The van der Waals surface area contributed by atoms with Gasteiger partial charge in [0.25, 0.3) is 0 Å². The van der Waals surface area contributed by atoms with Gasteiger partial charge >= 0.3 is 0 Å². The van der Waals surface area contributed by atoms with E-state index in [-0.39, 0.29) is 0 Å². The molecule has 0 amide bonds. The first-order valence-corrected chi connectivity index (χ1v) is 13.3. The van der Waals surface area contributed by atoms with Gasteiger partial charge in [-0.15, -0.1) is 0 Å². The number of benzene rings is 5. The van der Waals surface area contributed by atoms with Crippen LogP contribution in [0.1, 0.15) is 0 Å². The van der Waals surface area contributed by atoms with Crippen LogP contribution in [0, 0.1) is 0 Å². The van der Waals surface area contributed by atoms with E-state index in [0.717, 1.165) is 43.8 Å². The molecule has 5 aromatic carbocycles. The number of hydrogen-bond donors (Lipinski definition) is 0. The summed E-state index contributed by atoms with van der Waals surface area (Å²) in [5, 5.41) is 2.39. The highest BCUT2D eigenvalue weighted by Gasteiger charge is 2.15. The Bertz CT molecular complexity index is 1910. The van der Waals surface area contributed by atoms with E-state index in [1.165, 1.54) is 16.3 Å². The van der Waals surface area contributed by atoms with Gasteiger partial charge in [0.05, 0.1) is 22.4 Å². The first-order valence-electron chi connectivity index (χ1n) is 12.5. The van der Waals surface area contributed by atoms with Gasteiger partial charge in [-0.3, -0.25) is 0 Å². The van der Waals surface area contributed by atoms with E-state index >= 15 is 0 Å². The van der Waals surface area contributed by atoms with Crippen molar-refractivity contribution in [2.45, 2.75) is 0 Å². The van der Waals surface area contributed by atoms with Crippen LogP contribution in [0.2, 0.25) is 0 Å². The fourth-order valence-electron chi connectivity index (χ4n) is 5.07. The zero-order valence-corrected chi connectivity index (χ0v) is 22.0. The standard InChI is InChI=1S/C34H22BrN3/c35-26-18-15-24(16-19-26)31-22-30(23-9-3-1-4-10-23)36-34(37-31)25-17-20-33-29(21-25)28-13-7-8-14-32(28)38(33)27-11-5-2-6-12-27/h1-22H. The molecule has 0 aliphatic carbocycles. The first kappa shape index (κ1) is 22.6. The Morgan fingerprint density at radius 1 is 0.474 bits per heavy atom. The maximum absolute atomic E-state index is 5.05. The average Bonchev–Trinajstić information content (AvgIpc) is 3.32. The summed E-state index contributed by atoms with van der Waals surface area (Å²) in [6.45, 7) is 0. The molecule has 2 heterocycles. The minimum absolute atomic E-state index is 0.711. The average molecular weight is 552 g/mol. The van der Waals surface area contributed by atoms with Crippen molar-refractivity contribution in [1.29, 1.82) is 0 Å². The lowest BCUT2D eigenvalue weighted by atomic mass is 10.1. The van der Waals surface area contributed by atoms with Gasteiger partial charge in [-0.1, -0.05) is 94.8 Å². The Balaban J connectivity index is 1.46. The molecular weight excluding hydrogens is 530 g/mol. The molecule has 0 radical (unpaired) electrons. The second-order valence-electron chi connectivity index (χ2n) is 9.25. The van der Waals surface area contributed by atoms with E-state index in [1.54, 1.807) is 0 Å². The Morgan fingerprint density at radius 2 is 1.05 bits per heavy atom. The van der Waals surface area contributed by atoms with E-state index in [4.69, 9.17) is 9.97 Å². The van der Waals surface area contributed by atoms with Crippen molar-refractivity contribution in [1.82, 2.24) is 14.5 Å². The molecule has 0 saturated heterocycles. The van der Waals surface area contributed by atoms with Crippen LogP contribution in [0.25, 0.3) is 61.4 Å². The summed E-state index contributed by atoms with van der Waals surface area (Å²) >= 11 is 3.55. The Labute approximate surface area is 229 Å². The normalized spacial score (nSPS) is 11.3. The predicted molar refractivity (Wildman–Crippen MR) is 160 cm³/mol. The summed E-state index contributed by atoms with van der Waals surface area (Å²) < 4.78 is 3.36. The lowest BCUT2D eigenvalue weighted by Gasteiger charge is -2.10. The molecule has 0 N–H and O–H groups in total. The van der Waals surface area contributed by atoms with Crippen molar-refractivity contribution in [3.05, 3.63) is 138 Å². The molecule has 7 rings (SSSR count). The van der Waals surface area contributed by atoms with Crippen LogP contribution in [0.3, 0.4) is 0 Å². The van der Waals surface area contributed by atoms with Crippen molar-refractivity contribution in [3.63, 3.8) is 0 Å². The second-order valence-corrected chi connectivity index (χ2v) is 10.2. The molecule has 0 aliphatic rings. The van der Waals surface area contributed by atoms with Gasteiger partial charge in [0.1, 0.15) is 0 Å². The van der Waals surface area contributed by atoms with Gasteiger partial charge in [-0.05, 0) is 54.6 Å². The third kappa shape index (κ3) is 4.00. The minimum atomic E-state index is 0.711. The molecule has 0 fully saturated rings. The van der Waals surface area contributed by atoms with Crippen LogP contribution in [-0.4, -0.2) is 14.5 Å². The molecule has 0 aliphatic heterocycles. The Hall–Kier alpha value is -4.54. The van der Waals surface area contributed by atoms with Crippen LogP contribution < -0.4 is 0 Å². The topological polar surface area (TPSA) is 30.7 Å². The highest BCUT2D eigenvalue weighted by Crippen LogP contribution is 2.35. The molecule has 0 saturated carbocycles. The number of fused-ring (bicyclic) bond motifs is 3. The zero-order valence-electron chi connectivity index (χ0n) is 20.4. The molecule has 0 spiro atoms. The third-order valence-corrected chi connectivity index (χ3v) is 7.41. The van der Waals surface area contributed by atoms with E-state index in [0.29, 0.717) is 5.82 Å². The van der Waals surface area contributed by atoms with Gasteiger partial charge in [-0.25, -0.2) is 9.97 Å². The number of rotatable bonds is 4. The Morgan fingerprint density at radius 3 is 1.79 bits per heavy atom. The van der Waals surface area contributed by atoms with Crippen LogP contribution >= 0.6 is 15.9 Å². The van der Waals surface area contributed by atoms with E-state index in [9.17, 15) is 0 Å². The third-order valence-electron chi connectivity index (χ3n) is 6.88. The quantitative estimate of drug-likeness (QED) is 0.218. The molecule has 4 heteroatoms. The molecule has 0 unspecified atom stereocenters. The smallest absolute Gasteiger partial charge is 0.160 e. The molecule has 3 nitrogen and oxygen atoms in total. The number of halogens is 1. The van der Waals surface area contributed by atoms with Crippen molar-refractivity contribution in [2.24, 2.45) is 0 Å². The summed E-state index contributed by atoms with van der Waals surface area (Å²) in [4.78, 5) is 10.1. The van der Waals surface area contributed by atoms with Gasteiger partial charge in [-0.2, -0.15) is 0 Å². The van der Waals surface area contributed by atoms with E-state index < -0.39 is 0 Å². The van der Waals surface area contributed by atoms with E-state index in [2.05, 4.69) is 124 Å². The number of hydrogen-bond acceptors (Lipinski definition) is 2. The Kier molecular flexibility index (Phi) is 5.60. The van der Waals surface area contributed by atoms with Gasteiger partial charge in [0, 0.05) is 37.6 Å². The van der Waals surface area contributed by atoms with E-state index in [1.807, 2.05) is 30.3 Å². The highest BCUT2D eigenvalue weighted by atomic mass is 79.9. The predicted octanol–water partition coefficient (Wildman–Crippen LogP) is 9.34. The maximum Gasteiger partial charge on any atom is 0.160 e. The molecular formula is C34H22BrN3. The fraction of sp³-hybridized carbons (Fsp3) is 0. The highest BCUT2D eigenvalue weighted by molar-refractivity contribution is 9.10. The van der Waals surface area contributed by atoms with Gasteiger partial charge in [0.2, 0.25) is 0 Å². The molecule has 7 aromatic rings. The molecule has 0 bridgehead atoms. The monoisotopic (exact) mass is 551 g/mol. The largest absolute Gasteiger partial charge is 0.309 e. The molecule has 180 valence electrons. The summed E-state index contributed by atoms with van der Waals surface area (Å²) in [5.41, 5.74) is 8.39. The number of nitrogens with zero attached hydrogens (tertiary/aromatic N) is 3. The van der Waals surface area contributed by atoms with Crippen molar-refractivity contribution in [3.8, 4) is 39.6 Å². The van der Waals surface area contributed by atoms with Gasteiger partial charge in [0.15, 0.2) is 5.82 Å². The molecule has 38 heavy (non-hydrogen) atoms. The SMILES string of the molecule is Brc1ccc(-c2cc(-c3ccccc3)nc(-c3ccc4c(c3)c3ccccc3n4-c3ccccc3)n2)cc1. The summed E-state index contributed by atoms with van der Waals surface area (Å²) in [6, 6.07) is 46.3. The summed E-state index contributed by atoms with van der Waals surface area (Å²) in [5.74, 6) is 0.711. The lowest BCUT2D eigenvalue weighted by molar-refractivity contribution is 1.17. The minimum Gasteiger partial charge on any atom is -0.309 e. The summed E-state index contributed by atoms with van der Waals surface area (Å²) in [7, 11) is 0. The lowest BCUT2D eigenvalue weighted by Crippen LogP contribution is -1.96. The number of aromatic nitrogens is 3. The van der Waals surface area contributed by atoms with Crippen molar-refractivity contribution < 1.29 is 0 Å². The number of para-hydroxylation sites is 2. The fourth-order valence-corrected chi connectivity index (χ4v) is 5.33. The van der Waals surface area contributed by atoms with Crippen molar-refractivity contribution >= 4 is 37.7 Å². The van der Waals surface area contributed by atoms with Crippen LogP contribution in [-0.2, 0) is 0 Å². The van der Waals surface area contributed by atoms with Crippen LogP contribution in [0.4, 0.5) is 0 Å². The van der Waals surface area contributed by atoms with Crippen LogP contribution in [0.5, 0.6) is 0 Å². The first-order chi connectivity index (χ1) is 18.7. The second kappa shape index (κ2) is 9.40. The van der Waals surface area contributed by atoms with Crippen LogP contribution in [0.15, 0.2) is 138 Å². The maximum atomic E-state index is 5.05. The van der Waals surface area contributed by atoms with Crippen molar-refractivity contribution in [2.75, 3.05) is 0 Å². The zero-order chi connectivity index (χ0) is 25.5. The molecule has 2 aromatic heterocycles. The summed E-state index contributed by atoms with van der Waals surface area (Å²) in [6.07, 6.45) is 0. The molecule has 0 atom stereocenters. The van der Waals surface area contributed by atoms with Gasteiger partial charge < -0.3 is 4.57 Å².